The molecule has 0 bridgehead atoms. The lowest BCUT2D eigenvalue weighted by Gasteiger charge is -2.08. The molecule has 2 aromatic rings. The van der Waals surface area contributed by atoms with Crippen LogP contribution in [-0.4, -0.2) is 33.6 Å². The number of hydrogen-bond donors (Lipinski definition) is 2. The maximum atomic E-state index is 12.1. The highest BCUT2D eigenvalue weighted by Gasteiger charge is 2.28. The standard InChI is InChI=1S/C12H13F3N4O/c1-6(2)8-4-17-10-9(19-8)7(3-16-10)11(20)18-5-12(13,14)15/h3-4,6H,5H2,1-2H3,(H,16,17)(H,18,20). The van der Waals surface area contributed by atoms with Gasteiger partial charge in [0.25, 0.3) is 5.91 Å². The van der Waals surface area contributed by atoms with Gasteiger partial charge in [0.2, 0.25) is 0 Å². The molecule has 0 atom stereocenters. The Labute approximate surface area is 112 Å². The van der Waals surface area contributed by atoms with Crippen molar-refractivity contribution in [1.29, 1.82) is 0 Å². The Balaban J connectivity index is 2.30. The summed E-state index contributed by atoms with van der Waals surface area (Å²) in [5, 5.41) is 1.81. The van der Waals surface area contributed by atoms with Crippen LogP contribution in [0.2, 0.25) is 0 Å². The molecule has 0 aliphatic heterocycles. The molecule has 2 N–H and O–H groups in total. The van der Waals surface area contributed by atoms with Crippen molar-refractivity contribution in [1.82, 2.24) is 20.3 Å². The van der Waals surface area contributed by atoms with Gasteiger partial charge in [0, 0.05) is 6.20 Å². The van der Waals surface area contributed by atoms with E-state index in [2.05, 4.69) is 15.0 Å². The third-order valence-electron chi connectivity index (χ3n) is 2.69. The lowest BCUT2D eigenvalue weighted by Crippen LogP contribution is -2.33. The highest BCUT2D eigenvalue weighted by molar-refractivity contribution is 6.04. The van der Waals surface area contributed by atoms with E-state index >= 15 is 0 Å². The quantitative estimate of drug-likeness (QED) is 0.910. The average Bonchev–Trinajstić information content (AvgIpc) is 2.77. The Morgan fingerprint density at radius 3 is 2.75 bits per heavy atom. The first-order valence-electron chi connectivity index (χ1n) is 5.97. The molecule has 0 aliphatic carbocycles. The smallest absolute Gasteiger partial charge is 0.344 e. The van der Waals surface area contributed by atoms with Crippen LogP contribution in [0.5, 0.6) is 0 Å². The monoisotopic (exact) mass is 286 g/mol. The van der Waals surface area contributed by atoms with Crippen molar-refractivity contribution in [3.63, 3.8) is 0 Å². The summed E-state index contributed by atoms with van der Waals surface area (Å²) in [6.45, 7) is 2.44. The number of aromatic amines is 1. The van der Waals surface area contributed by atoms with E-state index < -0.39 is 18.6 Å². The summed E-state index contributed by atoms with van der Waals surface area (Å²) in [5.41, 5.74) is 1.36. The van der Waals surface area contributed by atoms with Gasteiger partial charge in [0.15, 0.2) is 5.65 Å². The molecule has 0 unspecified atom stereocenters. The van der Waals surface area contributed by atoms with Gasteiger partial charge in [0.05, 0.1) is 17.5 Å². The first kappa shape index (κ1) is 14.3. The number of H-pyrrole nitrogens is 1. The fourth-order valence-electron chi connectivity index (χ4n) is 1.63. The van der Waals surface area contributed by atoms with E-state index in [-0.39, 0.29) is 17.0 Å². The van der Waals surface area contributed by atoms with Crippen LogP contribution >= 0.6 is 0 Å². The summed E-state index contributed by atoms with van der Waals surface area (Å²) in [7, 11) is 0. The molecule has 108 valence electrons. The highest BCUT2D eigenvalue weighted by atomic mass is 19.4. The SMILES string of the molecule is CC(C)c1cnc2[nH]cc(C(=O)NCC(F)(F)F)c2n1. The third kappa shape index (κ3) is 3.06. The zero-order valence-corrected chi connectivity index (χ0v) is 10.9. The van der Waals surface area contributed by atoms with Gasteiger partial charge in [-0.1, -0.05) is 13.8 Å². The maximum Gasteiger partial charge on any atom is 0.405 e. The van der Waals surface area contributed by atoms with Crippen LogP contribution in [0.25, 0.3) is 11.2 Å². The number of rotatable bonds is 3. The van der Waals surface area contributed by atoms with Crippen molar-refractivity contribution >= 4 is 17.1 Å². The molecule has 0 saturated carbocycles. The molecule has 0 spiro atoms. The molecule has 0 aliphatic rings. The van der Waals surface area contributed by atoms with E-state index in [1.165, 1.54) is 6.20 Å². The van der Waals surface area contributed by atoms with Crippen LogP contribution in [0.3, 0.4) is 0 Å². The van der Waals surface area contributed by atoms with Crippen LogP contribution in [0.4, 0.5) is 13.2 Å². The van der Waals surface area contributed by atoms with E-state index in [0.717, 1.165) is 0 Å². The first-order chi connectivity index (χ1) is 9.28. The molecule has 1 amide bonds. The number of amides is 1. The number of fused-ring (bicyclic) bond motifs is 1. The van der Waals surface area contributed by atoms with Crippen molar-refractivity contribution in [3.05, 3.63) is 23.7 Å². The molecular formula is C12H13F3N4O. The van der Waals surface area contributed by atoms with Crippen molar-refractivity contribution in [2.75, 3.05) is 6.54 Å². The molecule has 0 saturated heterocycles. The molecule has 2 aromatic heterocycles. The van der Waals surface area contributed by atoms with Crippen molar-refractivity contribution < 1.29 is 18.0 Å². The Morgan fingerprint density at radius 2 is 2.15 bits per heavy atom. The second kappa shape index (κ2) is 5.10. The highest BCUT2D eigenvalue weighted by Crippen LogP contribution is 2.19. The van der Waals surface area contributed by atoms with Gasteiger partial charge in [-0.05, 0) is 5.92 Å². The lowest BCUT2D eigenvalue weighted by atomic mass is 10.1. The average molecular weight is 286 g/mol. The van der Waals surface area contributed by atoms with Gasteiger partial charge >= 0.3 is 6.18 Å². The summed E-state index contributed by atoms with van der Waals surface area (Å²) in [5.74, 6) is -0.725. The van der Waals surface area contributed by atoms with Gasteiger partial charge in [-0.3, -0.25) is 4.79 Å². The Bertz CT molecular complexity index is 633. The summed E-state index contributed by atoms with van der Waals surface area (Å²) < 4.78 is 36.3. The number of nitrogens with zero attached hydrogens (tertiary/aromatic N) is 2. The normalized spacial score (nSPS) is 12.1. The number of alkyl halides is 3. The largest absolute Gasteiger partial charge is 0.405 e. The van der Waals surface area contributed by atoms with Crippen LogP contribution in [0.1, 0.15) is 35.8 Å². The van der Waals surface area contributed by atoms with E-state index in [9.17, 15) is 18.0 Å². The molecule has 0 fully saturated rings. The van der Waals surface area contributed by atoms with Gasteiger partial charge in [-0.25, -0.2) is 9.97 Å². The van der Waals surface area contributed by atoms with Gasteiger partial charge in [0.1, 0.15) is 12.1 Å². The number of hydrogen-bond acceptors (Lipinski definition) is 3. The number of nitrogens with one attached hydrogen (secondary N) is 2. The van der Waals surface area contributed by atoms with Gasteiger partial charge in [-0.15, -0.1) is 0 Å². The summed E-state index contributed by atoms with van der Waals surface area (Å²) >= 11 is 0. The zero-order valence-electron chi connectivity index (χ0n) is 10.9. The van der Waals surface area contributed by atoms with Gasteiger partial charge < -0.3 is 10.3 Å². The van der Waals surface area contributed by atoms with Crippen LogP contribution in [0.15, 0.2) is 12.4 Å². The number of carbonyl (C=O) groups excluding carboxylic acids is 1. The molecule has 0 aromatic carbocycles. The first-order valence-corrected chi connectivity index (χ1v) is 5.97. The summed E-state index contributed by atoms with van der Waals surface area (Å²) in [6, 6.07) is 0. The minimum Gasteiger partial charge on any atom is -0.344 e. The Morgan fingerprint density at radius 1 is 1.45 bits per heavy atom. The number of halogens is 3. The van der Waals surface area contributed by atoms with Crippen LogP contribution in [-0.2, 0) is 0 Å². The summed E-state index contributed by atoms with van der Waals surface area (Å²) in [4.78, 5) is 22.8. The number of carbonyl (C=O) groups is 1. The Hall–Kier alpha value is -2.12. The predicted molar refractivity (Wildman–Crippen MR) is 66.4 cm³/mol. The molecule has 8 heteroatoms. The van der Waals surface area contributed by atoms with Crippen molar-refractivity contribution in [2.45, 2.75) is 25.9 Å². The van der Waals surface area contributed by atoms with E-state index in [1.54, 1.807) is 6.20 Å². The van der Waals surface area contributed by atoms with E-state index in [4.69, 9.17) is 0 Å². The minimum atomic E-state index is -4.45. The Kier molecular flexibility index (Phi) is 3.65. The minimum absolute atomic E-state index is 0.0549. The fourth-order valence-corrected chi connectivity index (χ4v) is 1.63. The topological polar surface area (TPSA) is 70.7 Å². The number of aromatic nitrogens is 3. The zero-order chi connectivity index (χ0) is 14.9. The van der Waals surface area contributed by atoms with E-state index in [1.807, 2.05) is 19.2 Å². The lowest BCUT2D eigenvalue weighted by molar-refractivity contribution is -0.123. The third-order valence-corrected chi connectivity index (χ3v) is 2.69. The summed E-state index contributed by atoms with van der Waals surface area (Å²) in [6.07, 6.45) is -1.57. The van der Waals surface area contributed by atoms with Gasteiger partial charge in [-0.2, -0.15) is 13.2 Å². The van der Waals surface area contributed by atoms with Crippen molar-refractivity contribution in [3.8, 4) is 0 Å². The molecule has 0 radical (unpaired) electrons. The molecule has 2 heterocycles. The molecule has 5 nitrogen and oxygen atoms in total. The van der Waals surface area contributed by atoms with Crippen LogP contribution < -0.4 is 5.32 Å². The fraction of sp³-hybridized carbons (Fsp3) is 0.417. The second-order valence-electron chi connectivity index (χ2n) is 4.65. The second-order valence-corrected chi connectivity index (χ2v) is 4.65. The maximum absolute atomic E-state index is 12.1. The molecular weight excluding hydrogens is 273 g/mol. The van der Waals surface area contributed by atoms with Crippen LogP contribution in [0, 0.1) is 0 Å². The molecule has 2 rings (SSSR count). The predicted octanol–water partition coefficient (Wildman–Crippen LogP) is 2.37. The molecule has 20 heavy (non-hydrogen) atoms. The van der Waals surface area contributed by atoms with Crippen molar-refractivity contribution in [2.24, 2.45) is 0 Å². The van der Waals surface area contributed by atoms with E-state index in [0.29, 0.717) is 11.3 Å².